The van der Waals surface area contributed by atoms with E-state index < -0.39 is 0 Å². The van der Waals surface area contributed by atoms with Crippen molar-refractivity contribution in [3.05, 3.63) is 42.9 Å². The molecule has 0 aliphatic carbocycles. The van der Waals surface area contributed by atoms with E-state index in [2.05, 4.69) is 38.8 Å². The van der Waals surface area contributed by atoms with Gasteiger partial charge in [0.05, 0.1) is 18.1 Å². The number of anilines is 1. The lowest BCUT2D eigenvalue weighted by Gasteiger charge is -2.20. The second-order valence-corrected chi connectivity index (χ2v) is 5.27. The Hall–Kier alpha value is -2.54. The molecule has 0 amide bonds. The Morgan fingerprint density at radius 3 is 2.83 bits per heavy atom. The van der Waals surface area contributed by atoms with Gasteiger partial charge >= 0.3 is 0 Å². The number of aliphatic hydroxyl groups excluding tert-OH is 1. The molecule has 0 spiro atoms. The molecule has 24 heavy (non-hydrogen) atoms. The van der Waals surface area contributed by atoms with Gasteiger partial charge in [-0.25, -0.2) is 9.97 Å². The molecular formula is C17H23N5O2. The average molecular weight is 329 g/mol. The fourth-order valence-electron chi connectivity index (χ4n) is 2.23. The standard InChI is InChI=1S/C17H23N5O2/c1-3-5-13(6-9-23)21-17-15(11-20-16(4-2)22-17)24-12-14-10-18-7-8-19-14/h4,7-8,10-11,13,23H,2-3,5-6,9,12H2,1H3,(H,20,21,22)/t13-/m0/s1. The summed E-state index contributed by atoms with van der Waals surface area (Å²) in [6.45, 7) is 6.19. The van der Waals surface area contributed by atoms with Crippen LogP contribution in [0, 0.1) is 0 Å². The van der Waals surface area contributed by atoms with E-state index >= 15 is 0 Å². The number of aromatic nitrogens is 4. The molecular weight excluding hydrogens is 306 g/mol. The van der Waals surface area contributed by atoms with Crippen LogP contribution in [0.3, 0.4) is 0 Å². The summed E-state index contributed by atoms with van der Waals surface area (Å²) in [6, 6.07) is 0.117. The van der Waals surface area contributed by atoms with Gasteiger partial charge in [0.15, 0.2) is 17.4 Å². The Balaban J connectivity index is 2.15. The van der Waals surface area contributed by atoms with Gasteiger partial charge in [-0.1, -0.05) is 19.9 Å². The van der Waals surface area contributed by atoms with Crippen LogP contribution >= 0.6 is 0 Å². The van der Waals surface area contributed by atoms with Crippen molar-refractivity contribution in [2.75, 3.05) is 11.9 Å². The summed E-state index contributed by atoms with van der Waals surface area (Å²) in [6.07, 6.45) is 10.7. The zero-order valence-corrected chi connectivity index (χ0v) is 13.9. The zero-order valence-electron chi connectivity index (χ0n) is 13.9. The minimum Gasteiger partial charge on any atom is -0.482 e. The minimum atomic E-state index is 0.117. The second-order valence-electron chi connectivity index (χ2n) is 5.27. The van der Waals surface area contributed by atoms with E-state index in [1.54, 1.807) is 30.9 Å². The average Bonchev–Trinajstić information content (AvgIpc) is 2.62. The van der Waals surface area contributed by atoms with Crippen molar-refractivity contribution in [3.8, 4) is 5.75 Å². The fraction of sp³-hybridized carbons (Fsp3) is 0.412. The molecule has 2 rings (SSSR count). The molecule has 0 radical (unpaired) electrons. The Bertz CT molecular complexity index is 630. The Morgan fingerprint density at radius 1 is 1.29 bits per heavy atom. The summed E-state index contributed by atoms with van der Waals surface area (Å²) in [5.41, 5.74) is 0.719. The third-order valence-electron chi connectivity index (χ3n) is 3.40. The van der Waals surface area contributed by atoms with Crippen molar-refractivity contribution >= 4 is 11.9 Å². The molecule has 0 aliphatic rings. The largest absolute Gasteiger partial charge is 0.482 e. The van der Waals surface area contributed by atoms with Gasteiger partial charge in [0.25, 0.3) is 0 Å². The third-order valence-corrected chi connectivity index (χ3v) is 3.40. The topological polar surface area (TPSA) is 93.1 Å². The third kappa shape index (κ3) is 5.27. The zero-order chi connectivity index (χ0) is 17.2. The van der Waals surface area contributed by atoms with Crippen LogP contribution in [0.2, 0.25) is 0 Å². The van der Waals surface area contributed by atoms with E-state index in [0.717, 1.165) is 18.5 Å². The first-order valence-electron chi connectivity index (χ1n) is 8.01. The van der Waals surface area contributed by atoms with Gasteiger partial charge in [0.2, 0.25) is 0 Å². The Kier molecular flexibility index (Phi) is 7.10. The van der Waals surface area contributed by atoms with Gasteiger partial charge in [-0.05, 0) is 18.9 Å². The van der Waals surface area contributed by atoms with E-state index in [1.165, 1.54) is 0 Å². The van der Waals surface area contributed by atoms with Crippen LogP contribution in [-0.2, 0) is 6.61 Å². The van der Waals surface area contributed by atoms with Crippen LogP contribution in [0.25, 0.3) is 6.08 Å². The van der Waals surface area contributed by atoms with E-state index in [4.69, 9.17) is 4.74 Å². The predicted molar refractivity (Wildman–Crippen MR) is 92.5 cm³/mol. The van der Waals surface area contributed by atoms with Crippen molar-refractivity contribution in [2.24, 2.45) is 0 Å². The van der Waals surface area contributed by atoms with Gasteiger partial charge in [0.1, 0.15) is 6.61 Å². The first kappa shape index (κ1) is 17.8. The molecule has 2 N–H and O–H groups in total. The second kappa shape index (κ2) is 9.57. The van der Waals surface area contributed by atoms with Crippen molar-refractivity contribution in [3.63, 3.8) is 0 Å². The van der Waals surface area contributed by atoms with E-state index in [1.807, 2.05) is 0 Å². The maximum atomic E-state index is 9.23. The van der Waals surface area contributed by atoms with Crippen molar-refractivity contribution in [1.29, 1.82) is 0 Å². The molecule has 0 unspecified atom stereocenters. The molecule has 0 aliphatic heterocycles. The Morgan fingerprint density at radius 2 is 2.17 bits per heavy atom. The highest BCUT2D eigenvalue weighted by Gasteiger charge is 2.13. The van der Waals surface area contributed by atoms with Gasteiger partial charge in [0, 0.05) is 25.0 Å². The molecule has 7 heteroatoms. The molecule has 0 bridgehead atoms. The lowest BCUT2D eigenvalue weighted by molar-refractivity contribution is 0.275. The fourth-order valence-corrected chi connectivity index (χ4v) is 2.23. The van der Waals surface area contributed by atoms with Crippen LogP contribution in [-0.4, -0.2) is 37.7 Å². The molecule has 2 heterocycles. The molecule has 2 aromatic rings. The summed E-state index contributed by atoms with van der Waals surface area (Å²) >= 11 is 0. The molecule has 1 atom stereocenters. The van der Waals surface area contributed by atoms with Crippen LogP contribution in [0.15, 0.2) is 31.4 Å². The van der Waals surface area contributed by atoms with Gasteiger partial charge < -0.3 is 15.2 Å². The maximum absolute atomic E-state index is 9.23. The number of hydrogen-bond donors (Lipinski definition) is 2. The molecule has 0 saturated heterocycles. The summed E-state index contributed by atoms with van der Waals surface area (Å²) in [5.74, 6) is 1.64. The summed E-state index contributed by atoms with van der Waals surface area (Å²) in [4.78, 5) is 16.8. The molecule has 7 nitrogen and oxygen atoms in total. The van der Waals surface area contributed by atoms with Crippen LogP contribution in [0.1, 0.15) is 37.7 Å². The lowest BCUT2D eigenvalue weighted by Crippen LogP contribution is -2.22. The minimum absolute atomic E-state index is 0.117. The SMILES string of the molecule is C=Cc1ncc(OCc2cnccn2)c(N[C@@H](CCC)CCO)n1. The highest BCUT2D eigenvalue weighted by atomic mass is 16.5. The van der Waals surface area contributed by atoms with Crippen LogP contribution in [0.4, 0.5) is 5.82 Å². The number of hydrogen-bond acceptors (Lipinski definition) is 7. The number of rotatable bonds is 10. The van der Waals surface area contributed by atoms with Crippen LogP contribution < -0.4 is 10.1 Å². The highest BCUT2D eigenvalue weighted by Crippen LogP contribution is 2.24. The lowest BCUT2D eigenvalue weighted by atomic mass is 10.1. The quantitative estimate of drug-likeness (QED) is 0.691. The molecule has 128 valence electrons. The molecule has 0 aromatic carbocycles. The molecule has 2 aromatic heterocycles. The van der Waals surface area contributed by atoms with Crippen molar-refractivity contribution in [1.82, 2.24) is 19.9 Å². The van der Waals surface area contributed by atoms with E-state index in [0.29, 0.717) is 23.8 Å². The van der Waals surface area contributed by atoms with Gasteiger partial charge in [-0.15, -0.1) is 0 Å². The van der Waals surface area contributed by atoms with E-state index in [-0.39, 0.29) is 19.3 Å². The first-order chi connectivity index (χ1) is 11.8. The summed E-state index contributed by atoms with van der Waals surface area (Å²) in [5, 5.41) is 12.6. The highest BCUT2D eigenvalue weighted by molar-refractivity contribution is 5.52. The maximum Gasteiger partial charge on any atom is 0.180 e. The number of nitrogens with zero attached hydrogens (tertiary/aromatic N) is 4. The Labute approximate surface area is 141 Å². The van der Waals surface area contributed by atoms with E-state index in [9.17, 15) is 5.11 Å². The first-order valence-corrected chi connectivity index (χ1v) is 8.01. The van der Waals surface area contributed by atoms with Gasteiger partial charge in [-0.3, -0.25) is 9.97 Å². The van der Waals surface area contributed by atoms with Crippen molar-refractivity contribution < 1.29 is 9.84 Å². The summed E-state index contributed by atoms with van der Waals surface area (Å²) < 4.78 is 5.79. The molecule has 0 saturated carbocycles. The smallest absolute Gasteiger partial charge is 0.180 e. The number of nitrogens with one attached hydrogen (secondary N) is 1. The normalized spacial score (nSPS) is 11.8. The van der Waals surface area contributed by atoms with Gasteiger partial charge in [-0.2, -0.15) is 0 Å². The number of ether oxygens (including phenoxy) is 1. The van der Waals surface area contributed by atoms with Crippen LogP contribution in [0.5, 0.6) is 5.75 Å². The number of aliphatic hydroxyl groups is 1. The summed E-state index contributed by atoms with van der Waals surface area (Å²) in [7, 11) is 0. The monoisotopic (exact) mass is 329 g/mol. The predicted octanol–water partition coefficient (Wildman–Crippen LogP) is 2.45. The molecule has 0 fully saturated rings. The van der Waals surface area contributed by atoms with Crippen molar-refractivity contribution in [2.45, 2.75) is 38.8 Å².